The molecule has 1 N–H and O–H groups in total. The van der Waals surface area contributed by atoms with Crippen molar-refractivity contribution in [3.05, 3.63) is 0 Å². The van der Waals surface area contributed by atoms with Gasteiger partial charge in [-0.05, 0) is 0 Å². The number of carbonyl (C=O) groups excluding carboxylic acids is 1. The van der Waals surface area contributed by atoms with Crippen LogP contribution in [0, 0.1) is 5.41 Å². The summed E-state index contributed by atoms with van der Waals surface area (Å²) in [6, 6.07) is 0. The third-order valence-corrected chi connectivity index (χ3v) is 1.33. The number of carbonyl (C=O) groups is 1. The molecule has 4 heteroatoms. The Labute approximate surface area is 65.2 Å². The molecule has 0 aromatic heterocycles. The zero-order valence-corrected chi connectivity index (χ0v) is 6.76. The number of rotatable bonds is 4. The third-order valence-electron chi connectivity index (χ3n) is 1.33. The van der Waals surface area contributed by atoms with Gasteiger partial charge >= 0.3 is 5.97 Å². The molecule has 0 aromatic rings. The summed E-state index contributed by atoms with van der Waals surface area (Å²) in [7, 11) is 0. The number of alkyl halides is 1. The van der Waals surface area contributed by atoms with E-state index in [1.165, 1.54) is 13.8 Å². The molecule has 0 fully saturated rings. The summed E-state index contributed by atoms with van der Waals surface area (Å²) in [4.78, 5) is 10.3. The minimum Gasteiger partial charge on any atom is -0.465 e. The zero-order valence-electron chi connectivity index (χ0n) is 6.76. The van der Waals surface area contributed by atoms with Crippen LogP contribution in [-0.2, 0) is 9.53 Å². The van der Waals surface area contributed by atoms with Gasteiger partial charge in [0.2, 0.25) is 0 Å². The summed E-state index contributed by atoms with van der Waals surface area (Å²) in [5.74, 6) is -0.460. The summed E-state index contributed by atoms with van der Waals surface area (Å²) in [6.07, 6.45) is 0. The van der Waals surface area contributed by atoms with Gasteiger partial charge in [-0.3, -0.25) is 9.18 Å². The van der Waals surface area contributed by atoms with Crippen LogP contribution in [0.15, 0.2) is 0 Å². The second-order valence-electron chi connectivity index (χ2n) is 2.88. The zero-order chi connectivity index (χ0) is 8.91. The average molecular weight is 164 g/mol. The van der Waals surface area contributed by atoms with Crippen LogP contribution < -0.4 is 0 Å². The molecule has 0 rings (SSSR count). The topological polar surface area (TPSA) is 46.5 Å². The van der Waals surface area contributed by atoms with Gasteiger partial charge in [0.15, 0.2) is 0 Å². The Kier molecular flexibility index (Phi) is 4.03. The Morgan fingerprint density at radius 1 is 1.73 bits per heavy atom. The van der Waals surface area contributed by atoms with Gasteiger partial charge < -0.3 is 9.84 Å². The molecule has 0 saturated heterocycles. The van der Waals surface area contributed by atoms with Gasteiger partial charge in [-0.2, -0.15) is 0 Å². The quantitative estimate of drug-likeness (QED) is 0.616. The van der Waals surface area contributed by atoms with Crippen molar-refractivity contribution >= 4 is 5.97 Å². The Balaban J connectivity index is 3.78. The average Bonchev–Trinajstić information content (AvgIpc) is 2.00. The molecule has 1 atom stereocenters. The molecule has 0 heterocycles. The molecule has 0 saturated carbocycles. The molecule has 0 radical (unpaired) electrons. The van der Waals surface area contributed by atoms with Crippen molar-refractivity contribution in [3.63, 3.8) is 0 Å². The third kappa shape index (κ3) is 3.93. The SMILES string of the molecule is CC(=O)OC[C@@](C)(CO)CF. The van der Waals surface area contributed by atoms with Crippen LogP contribution in [0.3, 0.4) is 0 Å². The molecule has 66 valence electrons. The van der Waals surface area contributed by atoms with E-state index in [9.17, 15) is 9.18 Å². The number of ether oxygens (including phenoxy) is 1. The number of aliphatic hydroxyl groups is 1. The minimum atomic E-state index is -0.939. The highest BCUT2D eigenvalue weighted by Gasteiger charge is 2.24. The highest BCUT2D eigenvalue weighted by molar-refractivity contribution is 5.65. The van der Waals surface area contributed by atoms with Crippen LogP contribution in [0.4, 0.5) is 4.39 Å². The maximum Gasteiger partial charge on any atom is 0.302 e. The van der Waals surface area contributed by atoms with Crippen LogP contribution >= 0.6 is 0 Å². The van der Waals surface area contributed by atoms with Crippen molar-refractivity contribution in [1.82, 2.24) is 0 Å². The van der Waals surface area contributed by atoms with E-state index in [0.717, 1.165) is 0 Å². The van der Waals surface area contributed by atoms with Crippen LogP contribution in [0.1, 0.15) is 13.8 Å². The lowest BCUT2D eigenvalue weighted by molar-refractivity contribution is -0.145. The molecular formula is C7H13FO3. The molecule has 0 aliphatic rings. The van der Waals surface area contributed by atoms with E-state index >= 15 is 0 Å². The van der Waals surface area contributed by atoms with Gasteiger partial charge in [-0.1, -0.05) is 6.92 Å². The normalized spacial score (nSPS) is 15.6. The first-order chi connectivity index (χ1) is 5.04. The summed E-state index contributed by atoms with van der Waals surface area (Å²) < 4.78 is 16.7. The molecule has 3 nitrogen and oxygen atoms in total. The van der Waals surface area contributed by atoms with Gasteiger partial charge in [0.05, 0.1) is 12.0 Å². The van der Waals surface area contributed by atoms with E-state index in [0.29, 0.717) is 0 Å². The van der Waals surface area contributed by atoms with Crippen molar-refractivity contribution in [1.29, 1.82) is 0 Å². The van der Waals surface area contributed by atoms with Gasteiger partial charge in [-0.15, -0.1) is 0 Å². The number of halogens is 1. The highest BCUT2D eigenvalue weighted by Crippen LogP contribution is 2.15. The predicted molar refractivity (Wildman–Crippen MR) is 37.8 cm³/mol. The molecule has 0 amide bonds. The fourth-order valence-corrected chi connectivity index (χ4v) is 0.402. The van der Waals surface area contributed by atoms with Crippen molar-refractivity contribution in [2.24, 2.45) is 5.41 Å². The van der Waals surface area contributed by atoms with Crippen molar-refractivity contribution in [2.45, 2.75) is 13.8 Å². The minimum absolute atomic E-state index is 0.0741. The van der Waals surface area contributed by atoms with E-state index in [1.807, 2.05) is 0 Å². The molecule has 0 aromatic carbocycles. The van der Waals surface area contributed by atoms with Crippen LogP contribution in [-0.4, -0.2) is 31.0 Å². The van der Waals surface area contributed by atoms with Crippen LogP contribution in [0.2, 0.25) is 0 Å². The fraction of sp³-hybridized carbons (Fsp3) is 0.857. The van der Waals surface area contributed by atoms with Crippen molar-refractivity contribution in [2.75, 3.05) is 19.9 Å². The smallest absolute Gasteiger partial charge is 0.302 e. The van der Waals surface area contributed by atoms with E-state index in [2.05, 4.69) is 4.74 Å². The first kappa shape index (κ1) is 10.4. The number of esters is 1. The Morgan fingerprint density at radius 3 is 2.55 bits per heavy atom. The molecular weight excluding hydrogens is 151 g/mol. The summed E-state index contributed by atoms with van der Waals surface area (Å²) in [5, 5.41) is 8.67. The van der Waals surface area contributed by atoms with Crippen LogP contribution in [0.25, 0.3) is 0 Å². The molecule has 0 bridgehead atoms. The lowest BCUT2D eigenvalue weighted by Gasteiger charge is -2.22. The maximum absolute atomic E-state index is 12.1. The van der Waals surface area contributed by atoms with Gasteiger partial charge in [0, 0.05) is 6.92 Å². The van der Waals surface area contributed by atoms with E-state index in [4.69, 9.17) is 5.11 Å². The van der Waals surface area contributed by atoms with Crippen LogP contribution in [0.5, 0.6) is 0 Å². The van der Waals surface area contributed by atoms with E-state index in [-0.39, 0.29) is 13.2 Å². The lowest BCUT2D eigenvalue weighted by Crippen LogP contribution is -2.30. The summed E-state index contributed by atoms with van der Waals surface area (Å²) >= 11 is 0. The predicted octanol–water partition coefficient (Wildman–Crippen LogP) is 0.518. The van der Waals surface area contributed by atoms with Crippen molar-refractivity contribution < 1.29 is 19.0 Å². The number of aliphatic hydroxyl groups excluding tert-OH is 1. The van der Waals surface area contributed by atoms with Gasteiger partial charge in [0.25, 0.3) is 0 Å². The Bertz CT molecular complexity index is 132. The number of hydrogen-bond acceptors (Lipinski definition) is 3. The molecule has 0 aliphatic carbocycles. The van der Waals surface area contributed by atoms with Crippen molar-refractivity contribution in [3.8, 4) is 0 Å². The summed E-state index contributed by atoms with van der Waals surface area (Å²) in [6.45, 7) is 1.66. The largest absolute Gasteiger partial charge is 0.465 e. The highest BCUT2D eigenvalue weighted by atomic mass is 19.1. The maximum atomic E-state index is 12.1. The van der Waals surface area contributed by atoms with E-state index < -0.39 is 18.1 Å². The Hall–Kier alpha value is -0.640. The fourth-order valence-electron chi connectivity index (χ4n) is 0.402. The molecule has 0 aliphatic heterocycles. The monoisotopic (exact) mass is 164 g/mol. The van der Waals surface area contributed by atoms with E-state index in [1.54, 1.807) is 0 Å². The second-order valence-corrected chi connectivity index (χ2v) is 2.88. The standard InChI is InChI=1S/C7H13FO3/c1-6(10)11-5-7(2,3-8)4-9/h9H,3-5H2,1-2H3/t7-/m1/s1. The lowest BCUT2D eigenvalue weighted by atomic mass is 9.95. The second kappa shape index (κ2) is 4.28. The molecule has 0 unspecified atom stereocenters. The van der Waals surface area contributed by atoms with Gasteiger partial charge in [-0.25, -0.2) is 0 Å². The molecule has 11 heavy (non-hydrogen) atoms. The first-order valence-corrected chi connectivity index (χ1v) is 3.34. The Morgan fingerprint density at radius 2 is 2.27 bits per heavy atom. The first-order valence-electron chi connectivity index (χ1n) is 3.34. The van der Waals surface area contributed by atoms with Gasteiger partial charge in [0.1, 0.15) is 13.3 Å². The number of hydrogen-bond donors (Lipinski definition) is 1. The summed E-state index contributed by atoms with van der Waals surface area (Å²) in [5.41, 5.74) is -0.939. The molecule has 0 spiro atoms.